The van der Waals surface area contributed by atoms with Crippen LogP contribution in [-0.2, 0) is 10.2 Å². The van der Waals surface area contributed by atoms with Gasteiger partial charge in [-0.05, 0) is 24.5 Å². The molecule has 2 aromatic rings. The number of methoxy groups -OCH3 is 1. The minimum absolute atomic E-state index is 0.170. The molecule has 1 aromatic carbocycles. The number of carbonyl (C=O) groups is 1. The lowest BCUT2D eigenvalue weighted by molar-refractivity contribution is -0.145. The van der Waals surface area contributed by atoms with Crippen LogP contribution in [0, 0.1) is 0 Å². The van der Waals surface area contributed by atoms with Crippen LogP contribution >= 0.6 is 0 Å². The van der Waals surface area contributed by atoms with Gasteiger partial charge in [0.15, 0.2) is 5.58 Å². The predicted molar refractivity (Wildman–Crippen MR) is 73.0 cm³/mol. The summed E-state index contributed by atoms with van der Waals surface area (Å²) in [5, 5.41) is 9.78. The second kappa shape index (κ2) is 4.81. The molecule has 106 valence electrons. The Hall–Kier alpha value is -2.04. The Kier molecular flexibility index (Phi) is 3.12. The van der Waals surface area contributed by atoms with Crippen LogP contribution in [0.15, 0.2) is 22.6 Å². The van der Waals surface area contributed by atoms with Gasteiger partial charge in [0.05, 0.1) is 12.5 Å². The fourth-order valence-corrected chi connectivity index (χ4v) is 3.16. The third-order valence-electron chi connectivity index (χ3n) is 4.21. The minimum Gasteiger partial charge on any atom is -0.481 e. The van der Waals surface area contributed by atoms with Gasteiger partial charge in [0.25, 0.3) is 0 Å². The third-order valence-corrected chi connectivity index (χ3v) is 4.21. The van der Waals surface area contributed by atoms with E-state index in [2.05, 4.69) is 4.98 Å². The number of hydrogen-bond donors (Lipinski definition) is 1. The summed E-state index contributed by atoms with van der Waals surface area (Å²) in [5.41, 5.74) is 1.08. The van der Waals surface area contributed by atoms with Gasteiger partial charge in [0.2, 0.25) is 0 Å². The lowest BCUT2D eigenvalue weighted by Gasteiger charge is -2.33. The zero-order valence-corrected chi connectivity index (χ0v) is 11.4. The molecule has 0 spiro atoms. The Morgan fingerprint density at radius 1 is 1.35 bits per heavy atom. The fourth-order valence-electron chi connectivity index (χ4n) is 3.16. The first kappa shape index (κ1) is 13.0. The van der Waals surface area contributed by atoms with E-state index in [0.29, 0.717) is 23.9 Å². The lowest BCUT2D eigenvalue weighted by Crippen LogP contribution is -2.38. The Morgan fingerprint density at radius 2 is 2.10 bits per heavy atom. The quantitative estimate of drug-likeness (QED) is 0.931. The van der Waals surface area contributed by atoms with E-state index < -0.39 is 11.4 Å². The molecule has 20 heavy (non-hydrogen) atoms. The maximum Gasteiger partial charge on any atom is 0.394 e. The van der Waals surface area contributed by atoms with Gasteiger partial charge < -0.3 is 14.3 Å². The number of ether oxygens (including phenoxy) is 1. The van der Waals surface area contributed by atoms with Crippen molar-refractivity contribution in [2.45, 2.75) is 37.5 Å². The van der Waals surface area contributed by atoms with Gasteiger partial charge >= 0.3 is 12.0 Å². The fraction of sp³-hybridized carbons (Fsp3) is 0.467. The van der Waals surface area contributed by atoms with Crippen molar-refractivity contribution in [3.63, 3.8) is 0 Å². The molecule has 5 nitrogen and oxygen atoms in total. The highest BCUT2D eigenvalue weighted by Crippen LogP contribution is 2.42. The van der Waals surface area contributed by atoms with Crippen molar-refractivity contribution in [3.8, 4) is 6.08 Å². The zero-order valence-electron chi connectivity index (χ0n) is 11.4. The molecule has 1 heterocycles. The van der Waals surface area contributed by atoms with Gasteiger partial charge in [0, 0.05) is 0 Å². The number of rotatable bonds is 3. The number of aliphatic carboxylic acids is 1. The molecule has 0 aliphatic heterocycles. The largest absolute Gasteiger partial charge is 0.481 e. The van der Waals surface area contributed by atoms with Crippen molar-refractivity contribution in [2.75, 3.05) is 7.11 Å². The van der Waals surface area contributed by atoms with Crippen LogP contribution in [-0.4, -0.2) is 23.2 Å². The van der Waals surface area contributed by atoms with E-state index in [0.717, 1.165) is 24.8 Å². The van der Waals surface area contributed by atoms with Crippen LogP contribution in [0.25, 0.3) is 11.1 Å². The maximum atomic E-state index is 11.9. The van der Waals surface area contributed by atoms with Crippen molar-refractivity contribution in [1.82, 2.24) is 4.98 Å². The summed E-state index contributed by atoms with van der Waals surface area (Å²) in [7, 11) is 1.48. The number of para-hydroxylation sites is 1. The first-order valence-electron chi connectivity index (χ1n) is 6.85. The first-order valence-corrected chi connectivity index (χ1v) is 6.85. The Balaban J connectivity index is 2.20. The molecular formula is C15H17NO4. The van der Waals surface area contributed by atoms with Crippen molar-refractivity contribution in [2.24, 2.45) is 0 Å². The zero-order chi connectivity index (χ0) is 14.2. The molecule has 3 rings (SSSR count). The summed E-state index contributed by atoms with van der Waals surface area (Å²) in [5.74, 6) is -0.772. The van der Waals surface area contributed by atoms with Gasteiger partial charge in [-0.3, -0.25) is 4.79 Å². The molecule has 0 bridgehead atoms. The van der Waals surface area contributed by atoms with Crippen LogP contribution in [0.1, 0.15) is 37.7 Å². The average Bonchev–Trinajstić information content (AvgIpc) is 2.90. The van der Waals surface area contributed by atoms with E-state index in [4.69, 9.17) is 9.15 Å². The Labute approximate surface area is 116 Å². The summed E-state index contributed by atoms with van der Waals surface area (Å²) < 4.78 is 10.5. The smallest absolute Gasteiger partial charge is 0.394 e. The first-order chi connectivity index (χ1) is 9.67. The average molecular weight is 275 g/mol. The molecule has 0 atom stereocenters. The molecule has 5 heteroatoms. The second-order valence-electron chi connectivity index (χ2n) is 5.28. The highest BCUT2D eigenvalue weighted by Gasteiger charge is 2.43. The summed E-state index contributed by atoms with van der Waals surface area (Å²) in [6.07, 6.45) is 4.42. The molecular weight excluding hydrogens is 258 g/mol. The Morgan fingerprint density at radius 3 is 2.75 bits per heavy atom. The molecule has 0 unspecified atom stereocenters. The van der Waals surface area contributed by atoms with Gasteiger partial charge in [0.1, 0.15) is 5.52 Å². The normalized spacial score (nSPS) is 18.1. The number of carboxylic acid groups (broad SMARTS) is 1. The molecule has 1 aliphatic rings. The van der Waals surface area contributed by atoms with Crippen LogP contribution < -0.4 is 4.74 Å². The van der Waals surface area contributed by atoms with Gasteiger partial charge in [-0.25, -0.2) is 0 Å². The summed E-state index contributed by atoms with van der Waals surface area (Å²) in [6.45, 7) is 0. The van der Waals surface area contributed by atoms with Gasteiger partial charge in [-0.2, -0.15) is 4.98 Å². The van der Waals surface area contributed by atoms with Crippen molar-refractivity contribution in [1.29, 1.82) is 0 Å². The van der Waals surface area contributed by atoms with Crippen LogP contribution in [0.4, 0.5) is 0 Å². The summed E-state index contributed by atoms with van der Waals surface area (Å²) in [6, 6.07) is 5.46. The molecule has 1 fully saturated rings. The van der Waals surface area contributed by atoms with Crippen molar-refractivity contribution >= 4 is 17.1 Å². The van der Waals surface area contributed by atoms with E-state index in [9.17, 15) is 9.90 Å². The summed E-state index contributed by atoms with van der Waals surface area (Å²) >= 11 is 0. The lowest BCUT2D eigenvalue weighted by atomic mass is 9.69. The highest BCUT2D eigenvalue weighted by molar-refractivity contribution is 5.89. The number of hydrogen-bond acceptors (Lipinski definition) is 4. The number of aromatic nitrogens is 1. The van der Waals surface area contributed by atoms with Crippen LogP contribution in [0.2, 0.25) is 0 Å². The second-order valence-corrected chi connectivity index (χ2v) is 5.28. The number of benzene rings is 1. The minimum atomic E-state index is -0.848. The van der Waals surface area contributed by atoms with Gasteiger partial charge in [-0.15, -0.1) is 0 Å². The monoisotopic (exact) mass is 275 g/mol. The number of fused-ring (bicyclic) bond motifs is 1. The topological polar surface area (TPSA) is 72.6 Å². The van der Waals surface area contributed by atoms with Crippen LogP contribution in [0.5, 0.6) is 6.08 Å². The molecule has 1 N–H and O–H groups in total. The number of oxazole rings is 1. The standard InChI is InChI=1S/C15H17NO4/c1-19-14-16-12-10(6-5-7-11(12)20-14)15(13(17)18)8-3-2-4-9-15/h5-7H,2-4,8-9H2,1H3,(H,17,18). The van der Waals surface area contributed by atoms with Gasteiger partial charge in [-0.1, -0.05) is 31.4 Å². The molecule has 0 saturated heterocycles. The molecule has 0 radical (unpaired) electrons. The van der Waals surface area contributed by atoms with E-state index in [-0.39, 0.29) is 6.08 Å². The molecule has 1 aliphatic carbocycles. The van der Waals surface area contributed by atoms with E-state index in [1.54, 1.807) is 6.07 Å². The van der Waals surface area contributed by atoms with Crippen molar-refractivity contribution in [3.05, 3.63) is 23.8 Å². The molecule has 1 aromatic heterocycles. The van der Waals surface area contributed by atoms with E-state index >= 15 is 0 Å². The van der Waals surface area contributed by atoms with E-state index in [1.165, 1.54) is 7.11 Å². The third kappa shape index (κ3) is 1.85. The molecule has 0 amide bonds. The number of nitrogens with zero attached hydrogens (tertiary/aromatic N) is 1. The highest BCUT2D eigenvalue weighted by atomic mass is 16.6. The van der Waals surface area contributed by atoms with E-state index in [1.807, 2.05) is 12.1 Å². The van der Waals surface area contributed by atoms with Crippen molar-refractivity contribution < 1.29 is 19.1 Å². The predicted octanol–water partition coefficient (Wildman–Crippen LogP) is 3.12. The maximum absolute atomic E-state index is 11.9. The Bertz CT molecular complexity index is 640. The molecule has 1 saturated carbocycles. The SMILES string of the molecule is COc1nc2c(C3(C(=O)O)CCCCC3)cccc2o1. The summed E-state index contributed by atoms with van der Waals surface area (Å²) in [4.78, 5) is 16.2. The van der Waals surface area contributed by atoms with Crippen LogP contribution in [0.3, 0.4) is 0 Å². The number of carboxylic acids is 1.